The molecule has 2 N–H and O–H groups in total. The summed E-state index contributed by atoms with van der Waals surface area (Å²) in [4.78, 5) is 24.3. The zero-order valence-corrected chi connectivity index (χ0v) is 18.5. The van der Waals surface area contributed by atoms with Gasteiger partial charge in [-0.2, -0.15) is 5.26 Å². The molecule has 1 aromatic heterocycles. The number of nitriles is 1. The van der Waals surface area contributed by atoms with Crippen LogP contribution >= 0.6 is 0 Å². The summed E-state index contributed by atoms with van der Waals surface area (Å²) in [6.45, 7) is 1.62. The molecule has 4 rings (SSSR count). The van der Waals surface area contributed by atoms with Crippen LogP contribution in [0.4, 0.5) is 13.2 Å². The van der Waals surface area contributed by atoms with Gasteiger partial charge in [0.2, 0.25) is 6.30 Å². The molecule has 0 spiro atoms. The minimum atomic E-state index is -3.38. The van der Waals surface area contributed by atoms with E-state index in [-0.39, 0.29) is 23.4 Å². The number of alkyl halides is 3. The Morgan fingerprint density at radius 1 is 1.20 bits per heavy atom. The topological polar surface area (TPSA) is 109 Å². The first-order valence-electron chi connectivity index (χ1n) is 11.1. The monoisotopic (exact) mass is 488 g/mol. The predicted octanol–water partition coefficient (Wildman–Crippen LogP) is 2.92. The number of aromatic nitrogens is 1. The van der Waals surface area contributed by atoms with Gasteiger partial charge in [-0.15, -0.1) is 0 Å². The van der Waals surface area contributed by atoms with E-state index in [1.54, 1.807) is 30.3 Å². The maximum Gasteiger partial charge on any atom is 0.422 e. The lowest BCUT2D eigenvalue weighted by molar-refractivity contribution is -0.132. The van der Waals surface area contributed by atoms with Crippen LogP contribution in [0.5, 0.6) is 0 Å². The number of hydrogen-bond donors (Lipinski definition) is 2. The molecule has 1 unspecified atom stereocenters. The molecule has 2 heterocycles. The fourth-order valence-corrected chi connectivity index (χ4v) is 3.91. The van der Waals surface area contributed by atoms with Crippen molar-refractivity contribution in [3.8, 4) is 17.2 Å². The minimum absolute atomic E-state index is 0.000813. The van der Waals surface area contributed by atoms with Gasteiger partial charge in [0.15, 0.2) is 5.58 Å². The molecule has 1 aliphatic rings. The molecule has 3 atom stereocenters. The normalized spacial score (nSPS) is 18.1. The molecular weight excluding hydrogens is 465 g/mol. The number of hydrogen-bond acceptors (Lipinski definition) is 6. The Kier molecular flexibility index (Phi) is 7.53. The number of oxazole rings is 1. The summed E-state index contributed by atoms with van der Waals surface area (Å²) in [6, 6.07) is 12.8. The van der Waals surface area contributed by atoms with E-state index >= 15 is 0 Å². The van der Waals surface area contributed by atoms with E-state index < -0.39 is 30.6 Å². The second-order valence-corrected chi connectivity index (χ2v) is 8.14. The van der Waals surface area contributed by atoms with Crippen LogP contribution in [0.15, 0.2) is 51.7 Å². The highest BCUT2D eigenvalue weighted by atomic mass is 19.3. The van der Waals surface area contributed by atoms with Crippen molar-refractivity contribution in [2.45, 2.75) is 37.7 Å². The molecule has 8 nitrogen and oxygen atoms in total. The van der Waals surface area contributed by atoms with Crippen molar-refractivity contribution in [1.82, 2.24) is 15.2 Å². The molecule has 0 aliphatic carbocycles. The van der Waals surface area contributed by atoms with E-state index in [2.05, 4.69) is 16.7 Å². The molecular formula is C24H23F3N4O4. The average molecular weight is 488 g/mol. The van der Waals surface area contributed by atoms with Gasteiger partial charge in [-0.25, -0.2) is 22.5 Å². The van der Waals surface area contributed by atoms with Crippen LogP contribution in [0.1, 0.15) is 18.3 Å². The zero-order valence-electron chi connectivity index (χ0n) is 18.5. The largest absolute Gasteiger partial charge is 0.422 e. The second kappa shape index (κ2) is 10.8. The van der Waals surface area contributed by atoms with E-state index in [1.807, 2.05) is 0 Å². The smallest absolute Gasteiger partial charge is 0.408 e. The molecule has 11 heteroatoms. The van der Waals surface area contributed by atoms with E-state index in [0.29, 0.717) is 28.8 Å². The molecule has 1 fully saturated rings. The summed E-state index contributed by atoms with van der Waals surface area (Å²) in [5, 5.41) is 15.3. The molecule has 35 heavy (non-hydrogen) atoms. The van der Waals surface area contributed by atoms with Crippen LogP contribution in [0, 0.1) is 11.3 Å². The molecule has 1 aliphatic heterocycles. The van der Waals surface area contributed by atoms with Gasteiger partial charge in [0.05, 0.1) is 11.6 Å². The third kappa shape index (κ3) is 5.55. The highest BCUT2D eigenvalue weighted by molar-refractivity contribution is 5.82. The summed E-state index contributed by atoms with van der Waals surface area (Å²) < 4.78 is 50.4. The lowest BCUT2D eigenvalue weighted by atomic mass is 10.0. The molecule has 0 radical (unpaired) electrons. The lowest BCUT2D eigenvalue weighted by Crippen LogP contribution is -2.46. The average Bonchev–Trinajstić information content (AvgIpc) is 3.01. The molecule has 0 saturated carbocycles. The van der Waals surface area contributed by atoms with Gasteiger partial charge in [-0.1, -0.05) is 30.3 Å². The molecule has 184 valence electrons. The number of fused-ring (bicyclic) bond motifs is 1. The van der Waals surface area contributed by atoms with Gasteiger partial charge >= 0.3 is 5.76 Å². The van der Waals surface area contributed by atoms with Crippen molar-refractivity contribution in [2.75, 3.05) is 19.7 Å². The van der Waals surface area contributed by atoms with E-state index in [1.165, 1.54) is 12.1 Å². The Hall–Kier alpha value is -3.62. The minimum Gasteiger partial charge on any atom is -0.408 e. The van der Waals surface area contributed by atoms with Crippen LogP contribution in [-0.2, 0) is 16.0 Å². The quantitative estimate of drug-likeness (QED) is 0.529. The van der Waals surface area contributed by atoms with E-state index in [9.17, 15) is 28.0 Å². The first-order valence-corrected chi connectivity index (χ1v) is 11.1. The SMILES string of the molecule is N#C[C@H](Cc1ccc(-c2ccc3oc(=O)n(C(F)C(F)F)c3c2)cc1)NC(=O)[C@@H]1CNCCCO1. The van der Waals surface area contributed by atoms with E-state index in [4.69, 9.17) is 9.15 Å². The molecule has 3 aromatic rings. The third-order valence-electron chi connectivity index (χ3n) is 5.71. The molecule has 1 amide bonds. The van der Waals surface area contributed by atoms with Gasteiger partial charge in [0.25, 0.3) is 12.3 Å². The Morgan fingerprint density at radius 3 is 2.66 bits per heavy atom. The van der Waals surface area contributed by atoms with Crippen LogP contribution in [0.25, 0.3) is 22.2 Å². The maximum atomic E-state index is 13.9. The summed E-state index contributed by atoms with van der Waals surface area (Å²) in [5.74, 6) is -1.55. The molecule has 1 saturated heterocycles. The van der Waals surface area contributed by atoms with Gasteiger partial charge in [0, 0.05) is 19.6 Å². The van der Waals surface area contributed by atoms with Crippen LogP contribution in [-0.4, -0.2) is 48.7 Å². The van der Waals surface area contributed by atoms with E-state index in [0.717, 1.165) is 18.5 Å². The summed E-state index contributed by atoms with van der Waals surface area (Å²) in [6.07, 6.45) is -5.78. The van der Waals surface area contributed by atoms with Crippen LogP contribution in [0.2, 0.25) is 0 Å². The number of amides is 1. The third-order valence-corrected chi connectivity index (χ3v) is 5.71. The number of benzene rings is 2. The Bertz CT molecular complexity index is 1270. The predicted molar refractivity (Wildman–Crippen MR) is 121 cm³/mol. The summed E-state index contributed by atoms with van der Waals surface area (Å²) >= 11 is 0. The van der Waals surface area contributed by atoms with Gasteiger partial charge in [-0.3, -0.25) is 4.79 Å². The maximum absolute atomic E-state index is 13.9. The Morgan fingerprint density at radius 2 is 1.94 bits per heavy atom. The number of nitrogens with one attached hydrogen (secondary N) is 2. The number of halogens is 3. The van der Waals surface area contributed by atoms with Crippen molar-refractivity contribution >= 4 is 17.0 Å². The summed E-state index contributed by atoms with van der Waals surface area (Å²) in [5.41, 5.74) is 1.94. The van der Waals surface area contributed by atoms with Crippen molar-refractivity contribution < 1.29 is 27.1 Å². The first-order chi connectivity index (χ1) is 16.9. The van der Waals surface area contributed by atoms with Gasteiger partial charge in [0.1, 0.15) is 12.1 Å². The second-order valence-electron chi connectivity index (χ2n) is 8.14. The van der Waals surface area contributed by atoms with Gasteiger partial charge < -0.3 is 19.8 Å². The Labute approximate surface area is 198 Å². The van der Waals surface area contributed by atoms with Crippen molar-refractivity contribution in [1.29, 1.82) is 5.26 Å². The van der Waals surface area contributed by atoms with Gasteiger partial charge in [-0.05, 0) is 41.8 Å². The molecule has 0 bridgehead atoms. The van der Waals surface area contributed by atoms with Crippen molar-refractivity contribution in [3.05, 3.63) is 58.6 Å². The zero-order chi connectivity index (χ0) is 24.9. The number of rotatable bonds is 7. The summed E-state index contributed by atoms with van der Waals surface area (Å²) in [7, 11) is 0. The number of ether oxygens (including phenoxy) is 1. The van der Waals surface area contributed by atoms with Crippen molar-refractivity contribution in [3.63, 3.8) is 0 Å². The number of nitrogens with zero attached hydrogens (tertiary/aromatic N) is 2. The highest BCUT2D eigenvalue weighted by Gasteiger charge is 2.27. The molecule has 2 aromatic carbocycles. The van der Waals surface area contributed by atoms with Crippen LogP contribution in [0.3, 0.4) is 0 Å². The lowest BCUT2D eigenvalue weighted by Gasteiger charge is -2.18. The fraction of sp³-hybridized carbons (Fsp3) is 0.375. The first kappa shape index (κ1) is 24.5. The number of carbonyl (C=O) groups is 1. The Balaban J connectivity index is 1.48. The van der Waals surface area contributed by atoms with Crippen molar-refractivity contribution in [2.24, 2.45) is 0 Å². The van der Waals surface area contributed by atoms with Crippen LogP contribution < -0.4 is 16.4 Å². The highest BCUT2D eigenvalue weighted by Crippen LogP contribution is 2.28. The fourth-order valence-electron chi connectivity index (χ4n) is 3.91. The number of carbonyl (C=O) groups excluding carboxylic acids is 1. The standard InChI is InChI=1S/C24H23F3N4O4/c25-21(26)22(27)31-18-11-16(6-7-19(18)35-24(31)33)15-4-2-14(3-5-15)10-17(12-28)30-23(32)20-13-29-8-1-9-34-20/h2-7,11,17,20-22,29H,1,8-10,13H2,(H,30,32)/t17-,20-,22?/m0/s1.